The molecule has 4 nitrogen and oxygen atoms in total. The maximum atomic E-state index is 12.0. The number of hydrogen-bond acceptors (Lipinski definition) is 3. The van der Waals surface area contributed by atoms with Crippen LogP contribution in [-0.4, -0.2) is 24.7 Å². The molecule has 1 aliphatic heterocycles. The maximum absolute atomic E-state index is 12.0. The van der Waals surface area contributed by atoms with E-state index >= 15 is 0 Å². The summed E-state index contributed by atoms with van der Waals surface area (Å²) in [6.07, 6.45) is 2.00. The van der Waals surface area contributed by atoms with E-state index in [2.05, 4.69) is 5.32 Å². The van der Waals surface area contributed by atoms with Crippen LogP contribution in [0.4, 0.5) is 5.69 Å². The molecule has 0 aliphatic carbocycles. The number of carbonyl (C=O) groups excluding carboxylic acids is 1. The molecule has 0 bridgehead atoms. The summed E-state index contributed by atoms with van der Waals surface area (Å²) in [4.78, 5) is 12.0. The molecule has 3 N–H and O–H groups in total. The van der Waals surface area contributed by atoms with Gasteiger partial charge in [-0.3, -0.25) is 4.79 Å². The molecule has 1 aromatic carbocycles. The lowest BCUT2D eigenvalue weighted by Gasteiger charge is -2.23. The monoisotopic (exact) mass is 268 g/mol. The predicted molar refractivity (Wildman–Crippen MR) is 71.8 cm³/mol. The molecule has 1 atom stereocenters. The Labute approximate surface area is 111 Å². The van der Waals surface area contributed by atoms with Crippen molar-refractivity contribution in [3.05, 3.63) is 28.8 Å². The van der Waals surface area contributed by atoms with Gasteiger partial charge in [-0.2, -0.15) is 0 Å². The molecule has 1 saturated heterocycles. The lowest BCUT2D eigenvalue weighted by molar-refractivity contribution is 0.0206. The largest absolute Gasteiger partial charge is 0.398 e. The average molecular weight is 269 g/mol. The molecule has 1 aromatic rings. The van der Waals surface area contributed by atoms with Gasteiger partial charge in [-0.25, -0.2) is 0 Å². The highest BCUT2D eigenvalue weighted by Gasteiger charge is 2.30. The third-order valence-corrected chi connectivity index (χ3v) is 3.42. The molecular formula is C13H17ClN2O2. The van der Waals surface area contributed by atoms with Crippen molar-refractivity contribution in [1.29, 1.82) is 0 Å². The highest BCUT2D eigenvalue weighted by Crippen LogP contribution is 2.24. The molecule has 1 unspecified atom stereocenters. The van der Waals surface area contributed by atoms with Gasteiger partial charge in [0.05, 0.1) is 11.2 Å². The van der Waals surface area contributed by atoms with Crippen LogP contribution in [0.1, 0.15) is 30.1 Å². The normalized spacial score (nSPS) is 23.0. The molecular weight excluding hydrogens is 252 g/mol. The smallest absolute Gasteiger partial charge is 0.253 e. The average Bonchev–Trinajstić information content (AvgIpc) is 2.74. The van der Waals surface area contributed by atoms with Crippen molar-refractivity contribution in [1.82, 2.24) is 5.32 Å². The van der Waals surface area contributed by atoms with Crippen molar-refractivity contribution in [2.24, 2.45) is 0 Å². The fraction of sp³-hybridized carbons (Fsp3) is 0.462. The van der Waals surface area contributed by atoms with Gasteiger partial charge in [0.2, 0.25) is 0 Å². The number of nitrogens with two attached hydrogens (primary N) is 1. The summed E-state index contributed by atoms with van der Waals surface area (Å²) in [5.41, 5.74) is 6.34. The number of anilines is 1. The quantitative estimate of drug-likeness (QED) is 0.826. The highest BCUT2D eigenvalue weighted by atomic mass is 35.5. The van der Waals surface area contributed by atoms with Gasteiger partial charge in [0, 0.05) is 23.9 Å². The van der Waals surface area contributed by atoms with E-state index < -0.39 is 0 Å². The number of benzene rings is 1. The van der Waals surface area contributed by atoms with Crippen molar-refractivity contribution >= 4 is 23.2 Å². The SMILES string of the molecule is CC1(CNC(=O)c2ccc(Cl)cc2N)CCCO1. The van der Waals surface area contributed by atoms with E-state index in [4.69, 9.17) is 22.1 Å². The summed E-state index contributed by atoms with van der Waals surface area (Å²) >= 11 is 5.79. The van der Waals surface area contributed by atoms with Crippen LogP contribution in [0.25, 0.3) is 0 Å². The molecule has 98 valence electrons. The van der Waals surface area contributed by atoms with Gasteiger partial charge in [0.25, 0.3) is 5.91 Å². The van der Waals surface area contributed by atoms with Crippen molar-refractivity contribution in [2.45, 2.75) is 25.4 Å². The third kappa shape index (κ3) is 2.94. The molecule has 5 heteroatoms. The molecule has 1 fully saturated rings. The zero-order chi connectivity index (χ0) is 13.2. The van der Waals surface area contributed by atoms with Crippen LogP contribution in [0.2, 0.25) is 5.02 Å². The Morgan fingerprint density at radius 1 is 1.61 bits per heavy atom. The Morgan fingerprint density at radius 3 is 3.00 bits per heavy atom. The summed E-state index contributed by atoms with van der Waals surface area (Å²) in [5.74, 6) is -0.194. The highest BCUT2D eigenvalue weighted by molar-refractivity contribution is 6.31. The van der Waals surface area contributed by atoms with Gasteiger partial charge in [0.15, 0.2) is 0 Å². The molecule has 2 rings (SSSR count). The van der Waals surface area contributed by atoms with E-state index in [0.717, 1.165) is 19.4 Å². The van der Waals surface area contributed by atoms with Gasteiger partial charge in [-0.1, -0.05) is 11.6 Å². The van der Waals surface area contributed by atoms with Crippen LogP contribution in [0, 0.1) is 0 Å². The Bertz CT molecular complexity index is 456. The minimum absolute atomic E-state index is 0.194. The van der Waals surface area contributed by atoms with E-state index in [0.29, 0.717) is 22.8 Å². The molecule has 1 amide bonds. The first-order valence-corrected chi connectivity index (χ1v) is 6.35. The summed E-state index contributed by atoms with van der Waals surface area (Å²) < 4.78 is 5.61. The van der Waals surface area contributed by atoms with Crippen LogP contribution in [0.3, 0.4) is 0 Å². The van der Waals surface area contributed by atoms with Crippen molar-refractivity contribution < 1.29 is 9.53 Å². The third-order valence-electron chi connectivity index (χ3n) is 3.18. The van der Waals surface area contributed by atoms with Gasteiger partial charge in [0.1, 0.15) is 0 Å². The first-order chi connectivity index (χ1) is 8.50. The Balaban J connectivity index is 1.99. The minimum Gasteiger partial charge on any atom is -0.398 e. The summed E-state index contributed by atoms with van der Waals surface area (Å²) in [5, 5.41) is 3.38. The zero-order valence-electron chi connectivity index (χ0n) is 10.3. The zero-order valence-corrected chi connectivity index (χ0v) is 11.1. The molecule has 0 aromatic heterocycles. The van der Waals surface area contributed by atoms with Gasteiger partial charge >= 0.3 is 0 Å². The number of amides is 1. The fourth-order valence-electron chi connectivity index (χ4n) is 2.08. The number of nitrogen functional groups attached to an aromatic ring is 1. The molecule has 1 heterocycles. The van der Waals surface area contributed by atoms with Crippen molar-refractivity contribution in [3.8, 4) is 0 Å². The first-order valence-electron chi connectivity index (χ1n) is 5.97. The van der Waals surface area contributed by atoms with Crippen molar-refractivity contribution in [3.63, 3.8) is 0 Å². The molecule has 1 aliphatic rings. The van der Waals surface area contributed by atoms with Crippen molar-refractivity contribution in [2.75, 3.05) is 18.9 Å². The van der Waals surface area contributed by atoms with Crippen LogP contribution in [-0.2, 0) is 4.74 Å². The number of halogens is 1. The Hall–Kier alpha value is -1.26. The summed E-state index contributed by atoms with van der Waals surface area (Å²) in [6, 6.07) is 4.86. The van der Waals surface area contributed by atoms with E-state index in [1.54, 1.807) is 18.2 Å². The molecule has 0 saturated carbocycles. The topological polar surface area (TPSA) is 64.4 Å². The van der Waals surface area contributed by atoms with Crippen LogP contribution >= 0.6 is 11.6 Å². The van der Waals surface area contributed by atoms with Gasteiger partial charge < -0.3 is 15.8 Å². The number of rotatable bonds is 3. The Morgan fingerprint density at radius 2 is 2.39 bits per heavy atom. The van der Waals surface area contributed by atoms with Gasteiger partial charge in [-0.05, 0) is 38.0 Å². The second-order valence-corrected chi connectivity index (χ2v) is 5.25. The van der Waals surface area contributed by atoms with E-state index in [1.807, 2.05) is 6.92 Å². The lowest BCUT2D eigenvalue weighted by atomic mass is 10.0. The number of hydrogen-bond donors (Lipinski definition) is 2. The van der Waals surface area contributed by atoms with E-state index in [9.17, 15) is 4.79 Å². The number of ether oxygens (including phenoxy) is 1. The minimum atomic E-state index is -0.253. The van der Waals surface area contributed by atoms with Crippen LogP contribution < -0.4 is 11.1 Å². The summed E-state index contributed by atoms with van der Waals surface area (Å²) in [7, 11) is 0. The number of carbonyl (C=O) groups is 1. The molecule has 0 radical (unpaired) electrons. The summed E-state index contributed by atoms with van der Waals surface area (Å²) in [6.45, 7) is 3.26. The maximum Gasteiger partial charge on any atom is 0.253 e. The molecule has 18 heavy (non-hydrogen) atoms. The fourth-order valence-corrected chi connectivity index (χ4v) is 2.26. The lowest BCUT2D eigenvalue weighted by Crippen LogP contribution is -2.40. The Kier molecular flexibility index (Phi) is 3.78. The number of nitrogens with one attached hydrogen (secondary N) is 1. The standard InChI is InChI=1S/C13H17ClN2O2/c1-13(5-2-6-18-13)8-16-12(17)10-4-3-9(14)7-11(10)15/h3-4,7H,2,5-6,8,15H2,1H3,(H,16,17). The second kappa shape index (κ2) is 5.16. The predicted octanol–water partition coefficient (Wildman–Crippen LogP) is 2.22. The van der Waals surface area contributed by atoms with Crippen LogP contribution in [0.5, 0.6) is 0 Å². The van der Waals surface area contributed by atoms with E-state index in [-0.39, 0.29) is 11.5 Å². The van der Waals surface area contributed by atoms with E-state index in [1.165, 1.54) is 0 Å². The first kappa shape index (κ1) is 13.2. The second-order valence-electron chi connectivity index (χ2n) is 4.82. The van der Waals surface area contributed by atoms with Gasteiger partial charge in [-0.15, -0.1) is 0 Å². The van der Waals surface area contributed by atoms with Crippen LogP contribution in [0.15, 0.2) is 18.2 Å². The molecule has 0 spiro atoms.